The molecule has 1 saturated carbocycles. The highest BCUT2D eigenvalue weighted by Gasteiger charge is 2.29. The van der Waals surface area contributed by atoms with Crippen molar-refractivity contribution in [1.82, 2.24) is 5.32 Å². The lowest BCUT2D eigenvalue weighted by Gasteiger charge is -2.34. The lowest BCUT2D eigenvalue weighted by molar-refractivity contribution is -0.0225. The second-order valence-electron chi connectivity index (χ2n) is 6.74. The van der Waals surface area contributed by atoms with Crippen molar-refractivity contribution in [2.75, 3.05) is 20.8 Å². The van der Waals surface area contributed by atoms with Crippen LogP contribution < -0.4 is 11.1 Å². The molecule has 0 amide bonds. The monoisotopic (exact) mass is 358 g/mol. The lowest BCUT2D eigenvalue weighted by Crippen LogP contribution is -2.49. The minimum absolute atomic E-state index is 0.122. The Balaban J connectivity index is 1.83. The smallest absolute Gasteiger partial charge is 0.126 e. The van der Waals surface area contributed by atoms with E-state index in [1.165, 1.54) is 12.1 Å². The van der Waals surface area contributed by atoms with E-state index in [4.69, 9.17) is 15.2 Å². The van der Waals surface area contributed by atoms with E-state index in [0.29, 0.717) is 12.1 Å². The van der Waals surface area contributed by atoms with Crippen molar-refractivity contribution >= 4 is 0 Å². The summed E-state index contributed by atoms with van der Waals surface area (Å²) in [5, 5.41) is 13.6. The summed E-state index contributed by atoms with van der Waals surface area (Å²) in [4.78, 5) is 0. The van der Waals surface area contributed by atoms with Crippen LogP contribution in [0, 0.1) is 11.6 Å². The summed E-state index contributed by atoms with van der Waals surface area (Å²) >= 11 is 0. The average molecular weight is 358 g/mol. The lowest BCUT2D eigenvalue weighted by atomic mass is 9.90. The Morgan fingerprint density at radius 1 is 1.12 bits per heavy atom. The topological polar surface area (TPSA) is 76.7 Å². The van der Waals surface area contributed by atoms with Crippen molar-refractivity contribution in [1.29, 1.82) is 0 Å². The van der Waals surface area contributed by atoms with Gasteiger partial charge in [0.2, 0.25) is 0 Å². The molecule has 1 aromatic carbocycles. The zero-order valence-corrected chi connectivity index (χ0v) is 14.8. The quantitative estimate of drug-likeness (QED) is 0.654. The van der Waals surface area contributed by atoms with Crippen LogP contribution >= 0.6 is 0 Å². The summed E-state index contributed by atoms with van der Waals surface area (Å²) < 4.78 is 37.3. The maximum absolute atomic E-state index is 13.2. The third-order valence-electron chi connectivity index (χ3n) is 4.79. The fourth-order valence-electron chi connectivity index (χ4n) is 3.34. The fourth-order valence-corrected chi connectivity index (χ4v) is 3.34. The third-order valence-corrected chi connectivity index (χ3v) is 4.79. The summed E-state index contributed by atoms with van der Waals surface area (Å²) in [6, 6.07) is 2.83. The first kappa shape index (κ1) is 20.2. The standard InChI is InChI=1S/C18H28F2N2O3/c1-24-15-7-14(8-16(9-15)25-2)22-10-18(23)17(21)5-11-3-12(19)6-13(20)4-11/h3-4,6,14-18,22-23H,5,7-10,21H2,1-2H3/t14?,15-,16+,17-,18+/m0/s1. The van der Waals surface area contributed by atoms with Gasteiger partial charge in [0, 0.05) is 38.9 Å². The van der Waals surface area contributed by atoms with Gasteiger partial charge in [0.05, 0.1) is 18.3 Å². The van der Waals surface area contributed by atoms with Crippen LogP contribution in [0.25, 0.3) is 0 Å². The summed E-state index contributed by atoms with van der Waals surface area (Å²) in [5.41, 5.74) is 6.42. The van der Waals surface area contributed by atoms with E-state index in [0.717, 1.165) is 25.3 Å². The number of benzene rings is 1. The first-order chi connectivity index (χ1) is 11.9. The molecule has 7 heteroatoms. The molecule has 0 saturated heterocycles. The van der Waals surface area contributed by atoms with E-state index in [1.807, 2.05) is 0 Å². The van der Waals surface area contributed by atoms with Crippen molar-refractivity contribution in [3.63, 3.8) is 0 Å². The number of aliphatic hydroxyl groups excluding tert-OH is 1. The maximum atomic E-state index is 13.2. The normalized spacial score (nSPS) is 26.4. The van der Waals surface area contributed by atoms with E-state index in [-0.39, 0.29) is 24.7 Å². The molecule has 5 nitrogen and oxygen atoms in total. The molecule has 5 atom stereocenters. The Hall–Kier alpha value is -1.12. The Labute approximate surface area is 147 Å². The van der Waals surface area contributed by atoms with E-state index in [9.17, 15) is 13.9 Å². The molecule has 1 aromatic rings. The number of methoxy groups -OCH3 is 2. The Kier molecular flexibility index (Phi) is 7.71. The Bertz CT molecular complexity index is 515. The van der Waals surface area contributed by atoms with E-state index in [1.54, 1.807) is 14.2 Å². The van der Waals surface area contributed by atoms with Gasteiger partial charge < -0.3 is 25.6 Å². The summed E-state index contributed by atoms with van der Waals surface area (Å²) in [7, 11) is 3.37. The molecule has 0 aliphatic heterocycles. The van der Waals surface area contributed by atoms with Crippen LogP contribution in [0.5, 0.6) is 0 Å². The highest BCUT2D eigenvalue weighted by molar-refractivity contribution is 5.19. The fraction of sp³-hybridized carbons (Fsp3) is 0.667. The average Bonchev–Trinajstić information content (AvgIpc) is 2.58. The minimum atomic E-state index is -0.824. The number of rotatable bonds is 8. The van der Waals surface area contributed by atoms with Crippen LogP contribution in [0.2, 0.25) is 0 Å². The summed E-state index contributed by atoms with van der Waals surface area (Å²) in [6.45, 7) is 0.302. The number of hydrogen-bond donors (Lipinski definition) is 3. The molecule has 1 unspecified atom stereocenters. The van der Waals surface area contributed by atoms with E-state index in [2.05, 4.69) is 5.32 Å². The van der Waals surface area contributed by atoms with Gasteiger partial charge in [-0.25, -0.2) is 8.78 Å². The van der Waals surface area contributed by atoms with Crippen molar-refractivity contribution in [3.8, 4) is 0 Å². The third kappa shape index (κ3) is 6.27. The van der Waals surface area contributed by atoms with Gasteiger partial charge in [0.1, 0.15) is 11.6 Å². The maximum Gasteiger partial charge on any atom is 0.126 e. The highest BCUT2D eigenvalue weighted by Crippen LogP contribution is 2.23. The van der Waals surface area contributed by atoms with Crippen LogP contribution in [-0.2, 0) is 15.9 Å². The van der Waals surface area contributed by atoms with Gasteiger partial charge in [-0.2, -0.15) is 0 Å². The number of halogens is 2. The van der Waals surface area contributed by atoms with E-state index < -0.39 is 23.8 Å². The molecular formula is C18H28F2N2O3. The predicted molar refractivity (Wildman–Crippen MR) is 91.3 cm³/mol. The molecule has 1 aliphatic rings. The summed E-state index contributed by atoms with van der Waals surface area (Å²) in [5.74, 6) is -1.29. The van der Waals surface area contributed by atoms with Crippen LogP contribution in [0.3, 0.4) is 0 Å². The second kappa shape index (κ2) is 9.54. The van der Waals surface area contributed by atoms with Gasteiger partial charge >= 0.3 is 0 Å². The number of nitrogens with one attached hydrogen (secondary N) is 1. The molecule has 4 N–H and O–H groups in total. The van der Waals surface area contributed by atoms with Gasteiger partial charge in [-0.15, -0.1) is 0 Å². The molecule has 25 heavy (non-hydrogen) atoms. The SMILES string of the molecule is CO[C@@H]1CC(NC[C@@H](O)[C@@H](N)Cc2cc(F)cc(F)c2)C[C@H](OC)C1. The zero-order chi connectivity index (χ0) is 18.4. The Morgan fingerprint density at radius 3 is 2.20 bits per heavy atom. The van der Waals surface area contributed by atoms with Crippen molar-refractivity contribution < 1.29 is 23.4 Å². The van der Waals surface area contributed by atoms with Crippen molar-refractivity contribution in [3.05, 3.63) is 35.4 Å². The van der Waals surface area contributed by atoms with Gasteiger partial charge in [-0.3, -0.25) is 0 Å². The molecule has 1 fully saturated rings. The van der Waals surface area contributed by atoms with Crippen LogP contribution in [0.15, 0.2) is 18.2 Å². The molecular weight excluding hydrogens is 330 g/mol. The molecule has 0 heterocycles. The second-order valence-corrected chi connectivity index (χ2v) is 6.74. The number of hydrogen-bond acceptors (Lipinski definition) is 5. The van der Waals surface area contributed by atoms with Gasteiger partial charge in [-0.1, -0.05) is 0 Å². The molecule has 142 valence electrons. The van der Waals surface area contributed by atoms with Crippen molar-refractivity contribution in [2.24, 2.45) is 5.73 Å². The molecule has 0 aromatic heterocycles. The molecule has 0 radical (unpaired) electrons. The number of ether oxygens (including phenoxy) is 2. The highest BCUT2D eigenvalue weighted by atomic mass is 19.1. The zero-order valence-electron chi connectivity index (χ0n) is 14.8. The molecule has 0 bridgehead atoms. The van der Waals surface area contributed by atoms with Gasteiger partial charge in [-0.05, 0) is 43.4 Å². The summed E-state index contributed by atoms with van der Waals surface area (Å²) in [6.07, 6.45) is 2.16. The Morgan fingerprint density at radius 2 is 1.68 bits per heavy atom. The van der Waals surface area contributed by atoms with Crippen LogP contribution in [0.1, 0.15) is 24.8 Å². The molecule has 0 spiro atoms. The van der Waals surface area contributed by atoms with Gasteiger partial charge in [0.25, 0.3) is 0 Å². The molecule has 1 aliphatic carbocycles. The first-order valence-corrected chi connectivity index (χ1v) is 8.58. The minimum Gasteiger partial charge on any atom is -0.390 e. The van der Waals surface area contributed by atoms with Crippen molar-refractivity contribution in [2.45, 2.75) is 56.1 Å². The predicted octanol–water partition coefficient (Wildman–Crippen LogP) is 1.37. The van der Waals surface area contributed by atoms with Crippen LogP contribution in [-0.4, -0.2) is 56.3 Å². The van der Waals surface area contributed by atoms with E-state index >= 15 is 0 Å². The number of nitrogens with two attached hydrogens (primary N) is 1. The van der Waals surface area contributed by atoms with Crippen LogP contribution in [0.4, 0.5) is 8.78 Å². The largest absolute Gasteiger partial charge is 0.390 e. The molecule has 2 rings (SSSR count). The first-order valence-electron chi connectivity index (χ1n) is 8.58. The van der Waals surface area contributed by atoms with Gasteiger partial charge in [0.15, 0.2) is 0 Å². The number of aliphatic hydroxyl groups is 1.